The molecule has 4 heteroatoms. The third-order valence-corrected chi connectivity index (χ3v) is 6.26. The van der Waals surface area contributed by atoms with Crippen LogP contribution in [0, 0.1) is 11.8 Å². The van der Waals surface area contributed by atoms with Crippen molar-refractivity contribution in [2.24, 2.45) is 11.8 Å². The Morgan fingerprint density at radius 1 is 1.10 bits per heavy atom. The van der Waals surface area contributed by atoms with Crippen LogP contribution < -0.4 is 0 Å². The number of likely N-dealkylation sites (tertiary alicyclic amines) is 1. The highest BCUT2D eigenvalue weighted by atomic mass is 16.3. The van der Waals surface area contributed by atoms with Gasteiger partial charge in [-0.1, -0.05) is 67.9 Å². The fourth-order valence-corrected chi connectivity index (χ4v) is 4.76. The van der Waals surface area contributed by atoms with Gasteiger partial charge in [0.25, 0.3) is 0 Å². The predicted octanol–water partition coefficient (Wildman–Crippen LogP) is 4.58. The van der Waals surface area contributed by atoms with Gasteiger partial charge in [-0.15, -0.1) is 0 Å². The average molecular weight is 422 g/mol. The van der Waals surface area contributed by atoms with Crippen LogP contribution in [0.25, 0.3) is 0 Å². The zero-order valence-corrected chi connectivity index (χ0v) is 18.8. The quantitative estimate of drug-likeness (QED) is 0.611. The second-order valence-corrected chi connectivity index (χ2v) is 8.92. The van der Waals surface area contributed by atoms with Gasteiger partial charge >= 0.3 is 0 Å². The number of hydrogen-bond acceptors (Lipinski definition) is 3. The molecule has 1 unspecified atom stereocenters. The number of amides is 1. The molecular weight excluding hydrogens is 386 g/mol. The molecule has 1 amide bonds. The lowest BCUT2D eigenvalue weighted by Gasteiger charge is -2.37. The maximum Gasteiger partial charge on any atom is 0.228 e. The molecule has 0 bridgehead atoms. The molecule has 1 fully saturated rings. The number of piperidine rings is 1. The molecule has 3 atom stereocenters. The molecular formula is C27H35NO3. The van der Waals surface area contributed by atoms with Crippen molar-refractivity contribution < 1.29 is 14.7 Å². The first-order chi connectivity index (χ1) is 15.0. The number of ketones is 1. The molecule has 2 aromatic rings. The van der Waals surface area contributed by atoms with Crippen molar-refractivity contribution in [2.75, 3.05) is 6.54 Å². The number of rotatable bonds is 10. The second-order valence-electron chi connectivity index (χ2n) is 8.92. The second kappa shape index (κ2) is 11.2. The van der Waals surface area contributed by atoms with Gasteiger partial charge in [0.15, 0.2) is 0 Å². The number of nitrogens with zero attached hydrogens (tertiary/aromatic N) is 1. The van der Waals surface area contributed by atoms with Gasteiger partial charge in [-0.05, 0) is 55.2 Å². The van der Waals surface area contributed by atoms with Gasteiger partial charge < -0.3 is 14.8 Å². The number of aliphatic hydroxyl groups excluding tert-OH is 1. The molecule has 0 radical (unpaired) electrons. The Bertz CT molecular complexity index is 864. The molecule has 0 spiro atoms. The molecule has 1 heterocycles. The standard InChI is InChI=1S/C27H35NO3/c1-3-9-21-12-7-13-23(17-21)18-24(16-20(2)29)26(30)25-14-8-15-28(27(25)31)19-22-10-5-4-6-11-22/h4-7,10-13,17,24-26,30H,3,8-9,14-16,18-19H2,1-2H3/t24-,25?,26-/m0/s1. The number of carbonyl (C=O) groups excluding carboxylic acids is 2. The maximum absolute atomic E-state index is 13.2. The summed E-state index contributed by atoms with van der Waals surface area (Å²) in [5.74, 6) is -0.630. The molecule has 1 saturated heterocycles. The van der Waals surface area contributed by atoms with Crippen molar-refractivity contribution in [1.82, 2.24) is 4.90 Å². The summed E-state index contributed by atoms with van der Waals surface area (Å²) in [7, 11) is 0. The number of hydrogen-bond donors (Lipinski definition) is 1. The van der Waals surface area contributed by atoms with E-state index in [1.807, 2.05) is 41.3 Å². The van der Waals surface area contributed by atoms with Crippen molar-refractivity contribution in [3.63, 3.8) is 0 Å². The summed E-state index contributed by atoms with van der Waals surface area (Å²) in [5.41, 5.74) is 3.50. The molecule has 2 aromatic carbocycles. The largest absolute Gasteiger partial charge is 0.392 e. The van der Waals surface area contributed by atoms with Crippen LogP contribution in [-0.2, 0) is 29.0 Å². The molecule has 3 rings (SSSR count). The number of aliphatic hydroxyl groups is 1. The van der Waals surface area contributed by atoms with E-state index in [4.69, 9.17) is 0 Å². The normalized spacial score (nSPS) is 18.6. The summed E-state index contributed by atoms with van der Waals surface area (Å²) in [6.45, 7) is 5.01. The van der Waals surface area contributed by atoms with Gasteiger partial charge in [0.1, 0.15) is 5.78 Å². The average Bonchev–Trinajstić information content (AvgIpc) is 2.75. The number of Topliss-reactive ketones (excluding diaryl/α,β-unsaturated/α-hetero) is 1. The van der Waals surface area contributed by atoms with Crippen molar-refractivity contribution in [2.45, 2.75) is 65.0 Å². The number of carbonyl (C=O) groups is 2. The predicted molar refractivity (Wildman–Crippen MR) is 124 cm³/mol. The number of benzene rings is 2. The van der Waals surface area contributed by atoms with Crippen LogP contribution in [0.1, 0.15) is 56.2 Å². The lowest BCUT2D eigenvalue weighted by molar-refractivity contribution is -0.146. The van der Waals surface area contributed by atoms with Crippen LogP contribution in [0.3, 0.4) is 0 Å². The molecule has 1 aliphatic rings. The van der Waals surface area contributed by atoms with E-state index < -0.39 is 12.0 Å². The molecule has 0 saturated carbocycles. The Kier molecular flexibility index (Phi) is 8.42. The van der Waals surface area contributed by atoms with Crippen molar-refractivity contribution in [1.29, 1.82) is 0 Å². The van der Waals surface area contributed by atoms with Crippen LogP contribution in [-0.4, -0.2) is 34.3 Å². The topological polar surface area (TPSA) is 57.6 Å². The van der Waals surface area contributed by atoms with Gasteiger partial charge in [0, 0.05) is 19.5 Å². The highest BCUT2D eigenvalue weighted by molar-refractivity contribution is 5.80. The van der Waals surface area contributed by atoms with E-state index in [-0.39, 0.29) is 17.6 Å². The first kappa shape index (κ1) is 23.2. The lowest BCUT2D eigenvalue weighted by atomic mass is 9.79. The minimum Gasteiger partial charge on any atom is -0.392 e. The van der Waals surface area contributed by atoms with Crippen LogP contribution >= 0.6 is 0 Å². The molecule has 0 aromatic heterocycles. The summed E-state index contributed by atoms with van der Waals surface area (Å²) in [5, 5.41) is 11.3. The van der Waals surface area contributed by atoms with Crippen LogP contribution in [0.15, 0.2) is 54.6 Å². The summed E-state index contributed by atoms with van der Waals surface area (Å²) in [6, 6.07) is 18.4. The third-order valence-electron chi connectivity index (χ3n) is 6.26. The van der Waals surface area contributed by atoms with E-state index in [9.17, 15) is 14.7 Å². The minimum absolute atomic E-state index is 0.0101. The summed E-state index contributed by atoms with van der Waals surface area (Å²) in [6.07, 6.45) is 3.74. The van der Waals surface area contributed by atoms with Crippen molar-refractivity contribution >= 4 is 11.7 Å². The Balaban J connectivity index is 1.73. The van der Waals surface area contributed by atoms with Crippen molar-refractivity contribution in [3.05, 3.63) is 71.3 Å². The van der Waals surface area contributed by atoms with Crippen molar-refractivity contribution in [3.8, 4) is 0 Å². The van der Waals surface area contributed by atoms with Crippen LogP contribution in [0.2, 0.25) is 0 Å². The lowest BCUT2D eigenvalue weighted by Crippen LogP contribution is -2.47. The molecule has 4 nitrogen and oxygen atoms in total. The van der Waals surface area contributed by atoms with Crippen LogP contribution in [0.5, 0.6) is 0 Å². The van der Waals surface area contributed by atoms with E-state index >= 15 is 0 Å². The SMILES string of the molecule is CCCc1cccc(C[C@H](CC(C)=O)[C@H](O)C2CCCN(Cc3ccccc3)C2=O)c1. The Labute approximate surface area is 186 Å². The summed E-state index contributed by atoms with van der Waals surface area (Å²) in [4.78, 5) is 27.1. The fraction of sp³-hybridized carbons (Fsp3) is 0.481. The Morgan fingerprint density at radius 2 is 1.81 bits per heavy atom. The minimum atomic E-state index is -0.815. The van der Waals surface area contributed by atoms with E-state index in [0.717, 1.165) is 30.4 Å². The van der Waals surface area contributed by atoms with E-state index in [2.05, 4.69) is 25.1 Å². The Hall–Kier alpha value is -2.46. The zero-order valence-electron chi connectivity index (χ0n) is 18.8. The highest BCUT2D eigenvalue weighted by Gasteiger charge is 2.38. The maximum atomic E-state index is 13.2. The monoisotopic (exact) mass is 421 g/mol. The molecule has 166 valence electrons. The molecule has 0 aliphatic carbocycles. The first-order valence-corrected chi connectivity index (χ1v) is 11.6. The Morgan fingerprint density at radius 3 is 2.52 bits per heavy atom. The first-order valence-electron chi connectivity index (χ1n) is 11.6. The van der Waals surface area contributed by atoms with Gasteiger partial charge in [-0.2, -0.15) is 0 Å². The third kappa shape index (κ3) is 6.51. The van der Waals surface area contributed by atoms with Gasteiger partial charge in [-0.3, -0.25) is 4.79 Å². The van der Waals surface area contributed by atoms with Gasteiger partial charge in [0.2, 0.25) is 5.91 Å². The molecule has 31 heavy (non-hydrogen) atoms. The summed E-state index contributed by atoms with van der Waals surface area (Å²) >= 11 is 0. The van der Waals surface area contributed by atoms with Crippen LogP contribution in [0.4, 0.5) is 0 Å². The molecule has 1 aliphatic heterocycles. The number of aryl methyl sites for hydroxylation is 1. The zero-order chi connectivity index (χ0) is 22.2. The summed E-state index contributed by atoms with van der Waals surface area (Å²) < 4.78 is 0. The highest BCUT2D eigenvalue weighted by Crippen LogP contribution is 2.30. The van der Waals surface area contributed by atoms with E-state index in [1.54, 1.807) is 6.92 Å². The smallest absolute Gasteiger partial charge is 0.228 e. The van der Waals surface area contributed by atoms with Gasteiger partial charge in [0.05, 0.1) is 12.0 Å². The molecule has 1 N–H and O–H groups in total. The van der Waals surface area contributed by atoms with E-state index in [0.29, 0.717) is 32.4 Å². The van der Waals surface area contributed by atoms with Gasteiger partial charge in [-0.25, -0.2) is 0 Å². The fourth-order valence-electron chi connectivity index (χ4n) is 4.76. The van der Waals surface area contributed by atoms with E-state index in [1.165, 1.54) is 5.56 Å².